The second-order valence-corrected chi connectivity index (χ2v) is 8.31. The Morgan fingerprint density at radius 1 is 1.22 bits per heavy atom. The first kappa shape index (κ1) is 19.7. The molecule has 0 aliphatic carbocycles. The quantitative estimate of drug-likeness (QED) is 0.491. The number of hydrogen-bond acceptors (Lipinski definition) is 3. The van der Waals surface area contributed by atoms with Gasteiger partial charge >= 0.3 is 0 Å². The van der Waals surface area contributed by atoms with Gasteiger partial charge in [0.25, 0.3) is 0 Å². The molecule has 1 fully saturated rings. The Kier molecular flexibility index (Phi) is 6.42. The molecule has 0 spiro atoms. The van der Waals surface area contributed by atoms with Crippen LogP contribution in [0.4, 0.5) is 0 Å². The van der Waals surface area contributed by atoms with Crippen molar-refractivity contribution in [1.29, 1.82) is 0 Å². The van der Waals surface area contributed by atoms with Gasteiger partial charge in [-0.2, -0.15) is 0 Å². The normalized spacial score (nSPS) is 21.1. The molecule has 0 radical (unpaired) electrons. The molecule has 1 unspecified atom stereocenters. The first-order chi connectivity index (χ1) is 13.0. The van der Waals surface area contributed by atoms with E-state index in [0.29, 0.717) is 12.6 Å². The molecule has 5 nitrogen and oxygen atoms in total. The molecule has 148 valence electrons. The van der Waals surface area contributed by atoms with Crippen LogP contribution in [0, 0.1) is 0 Å². The lowest BCUT2D eigenvalue weighted by Crippen LogP contribution is -2.42. The van der Waals surface area contributed by atoms with Crippen LogP contribution >= 0.6 is 0 Å². The van der Waals surface area contributed by atoms with E-state index >= 15 is 0 Å². The number of benzene rings is 1. The Balaban J connectivity index is 1.68. The summed E-state index contributed by atoms with van der Waals surface area (Å²) in [5.74, 6) is 1.93. The van der Waals surface area contributed by atoms with Crippen molar-refractivity contribution in [1.82, 2.24) is 15.1 Å². The van der Waals surface area contributed by atoms with Crippen LogP contribution in [0.25, 0.3) is 0 Å². The van der Waals surface area contributed by atoms with E-state index in [-0.39, 0.29) is 5.60 Å². The fourth-order valence-electron chi connectivity index (χ4n) is 3.67. The van der Waals surface area contributed by atoms with Crippen molar-refractivity contribution >= 4 is 5.96 Å². The number of likely N-dealkylation sites (tertiary alicyclic amines) is 1. The van der Waals surface area contributed by atoms with Gasteiger partial charge in [-0.05, 0) is 40.2 Å². The van der Waals surface area contributed by atoms with Crippen LogP contribution in [0.3, 0.4) is 0 Å². The van der Waals surface area contributed by atoms with Crippen LogP contribution in [0.1, 0.15) is 39.7 Å². The molecule has 3 rings (SSSR count). The number of aliphatic imine (C=N–C) groups is 1. The Bertz CT molecular complexity index is 669. The molecule has 0 aromatic heterocycles. The first-order valence-corrected chi connectivity index (χ1v) is 10.2. The molecule has 1 saturated heterocycles. The molecular formula is C22H34N4O. The van der Waals surface area contributed by atoms with Gasteiger partial charge in [0.2, 0.25) is 0 Å². The molecule has 1 aromatic rings. The van der Waals surface area contributed by atoms with E-state index < -0.39 is 0 Å². The van der Waals surface area contributed by atoms with E-state index in [1.165, 1.54) is 6.42 Å². The summed E-state index contributed by atoms with van der Waals surface area (Å²) in [7, 11) is 0. The highest BCUT2D eigenvalue weighted by Crippen LogP contribution is 2.24. The SMILES string of the molecule is CCNC(=NCc1ccccc1OC(C)(C)C)N1CCC(N2CC=CC2)C1. The lowest BCUT2D eigenvalue weighted by atomic mass is 10.1. The fourth-order valence-corrected chi connectivity index (χ4v) is 3.67. The van der Waals surface area contributed by atoms with Crippen molar-refractivity contribution in [2.75, 3.05) is 32.7 Å². The smallest absolute Gasteiger partial charge is 0.194 e. The number of para-hydroxylation sites is 1. The Morgan fingerprint density at radius 3 is 2.67 bits per heavy atom. The van der Waals surface area contributed by atoms with E-state index in [4.69, 9.17) is 9.73 Å². The van der Waals surface area contributed by atoms with E-state index in [1.54, 1.807) is 0 Å². The molecule has 0 amide bonds. The van der Waals surface area contributed by atoms with Crippen LogP contribution in [0.5, 0.6) is 5.75 Å². The van der Waals surface area contributed by atoms with Crippen LogP contribution in [-0.4, -0.2) is 60.1 Å². The summed E-state index contributed by atoms with van der Waals surface area (Å²) in [5, 5.41) is 3.47. The zero-order valence-electron chi connectivity index (χ0n) is 17.2. The van der Waals surface area contributed by atoms with Gasteiger partial charge in [-0.15, -0.1) is 0 Å². The van der Waals surface area contributed by atoms with Crippen LogP contribution < -0.4 is 10.1 Å². The monoisotopic (exact) mass is 370 g/mol. The topological polar surface area (TPSA) is 40.1 Å². The molecule has 5 heteroatoms. The average Bonchev–Trinajstić information content (AvgIpc) is 3.29. The van der Waals surface area contributed by atoms with Gasteiger partial charge < -0.3 is 15.0 Å². The lowest BCUT2D eigenvalue weighted by molar-refractivity contribution is 0.129. The summed E-state index contributed by atoms with van der Waals surface area (Å²) in [6.45, 7) is 14.2. The number of nitrogens with zero attached hydrogens (tertiary/aromatic N) is 3. The van der Waals surface area contributed by atoms with Crippen LogP contribution in [0.15, 0.2) is 41.4 Å². The van der Waals surface area contributed by atoms with Gasteiger partial charge in [0.15, 0.2) is 5.96 Å². The molecule has 2 heterocycles. The van der Waals surface area contributed by atoms with Crippen molar-refractivity contribution in [3.8, 4) is 5.75 Å². The van der Waals surface area contributed by atoms with E-state index in [1.807, 2.05) is 12.1 Å². The minimum Gasteiger partial charge on any atom is -0.488 e. The maximum Gasteiger partial charge on any atom is 0.194 e. The third-order valence-corrected chi connectivity index (χ3v) is 4.95. The van der Waals surface area contributed by atoms with Crippen LogP contribution in [-0.2, 0) is 6.54 Å². The third kappa shape index (κ3) is 5.48. The summed E-state index contributed by atoms with van der Waals surface area (Å²) in [6, 6.07) is 8.85. The highest BCUT2D eigenvalue weighted by molar-refractivity contribution is 5.80. The molecule has 0 bridgehead atoms. The summed E-state index contributed by atoms with van der Waals surface area (Å²) in [5.41, 5.74) is 0.915. The first-order valence-electron chi connectivity index (χ1n) is 10.2. The van der Waals surface area contributed by atoms with Gasteiger partial charge in [-0.25, -0.2) is 4.99 Å². The standard InChI is InChI=1S/C22H34N4O/c1-5-23-21(26-15-12-19(17-26)25-13-8-9-14-25)24-16-18-10-6-7-11-20(18)27-22(2,3)4/h6-11,19H,5,12-17H2,1-4H3,(H,23,24). The zero-order chi connectivity index (χ0) is 19.3. The Hall–Kier alpha value is -2.01. The number of hydrogen-bond donors (Lipinski definition) is 1. The second kappa shape index (κ2) is 8.79. The summed E-state index contributed by atoms with van der Waals surface area (Å²) in [6.07, 6.45) is 5.75. The molecule has 1 N–H and O–H groups in total. The van der Waals surface area contributed by atoms with Gasteiger partial charge in [0.1, 0.15) is 11.4 Å². The van der Waals surface area contributed by atoms with E-state index in [9.17, 15) is 0 Å². The molecule has 2 aliphatic rings. The van der Waals surface area contributed by atoms with Crippen molar-refractivity contribution in [3.63, 3.8) is 0 Å². The molecule has 1 atom stereocenters. The van der Waals surface area contributed by atoms with Gasteiger partial charge in [0.05, 0.1) is 6.54 Å². The zero-order valence-corrected chi connectivity index (χ0v) is 17.2. The molecular weight excluding hydrogens is 336 g/mol. The van der Waals surface area contributed by atoms with Crippen molar-refractivity contribution < 1.29 is 4.74 Å². The van der Waals surface area contributed by atoms with Crippen LogP contribution in [0.2, 0.25) is 0 Å². The Morgan fingerprint density at radius 2 is 1.96 bits per heavy atom. The average molecular weight is 371 g/mol. The maximum absolute atomic E-state index is 6.12. The number of nitrogens with one attached hydrogen (secondary N) is 1. The Labute approximate surface area is 164 Å². The predicted octanol–water partition coefficient (Wildman–Crippen LogP) is 3.28. The molecule has 2 aliphatic heterocycles. The fraction of sp³-hybridized carbons (Fsp3) is 0.591. The van der Waals surface area contributed by atoms with Gasteiger partial charge in [-0.1, -0.05) is 30.4 Å². The maximum atomic E-state index is 6.12. The third-order valence-electron chi connectivity index (χ3n) is 4.95. The molecule has 1 aromatic carbocycles. The minimum absolute atomic E-state index is 0.212. The minimum atomic E-state index is -0.212. The lowest BCUT2D eigenvalue weighted by Gasteiger charge is -2.26. The largest absolute Gasteiger partial charge is 0.488 e. The number of ether oxygens (including phenoxy) is 1. The summed E-state index contributed by atoms with van der Waals surface area (Å²) in [4.78, 5) is 9.89. The predicted molar refractivity (Wildman–Crippen MR) is 112 cm³/mol. The highest BCUT2D eigenvalue weighted by Gasteiger charge is 2.29. The molecule has 27 heavy (non-hydrogen) atoms. The van der Waals surface area contributed by atoms with Crippen molar-refractivity contribution in [3.05, 3.63) is 42.0 Å². The van der Waals surface area contributed by atoms with Gasteiger partial charge in [-0.3, -0.25) is 4.90 Å². The van der Waals surface area contributed by atoms with E-state index in [2.05, 4.69) is 67.1 Å². The summed E-state index contributed by atoms with van der Waals surface area (Å²) < 4.78 is 6.12. The van der Waals surface area contributed by atoms with Crippen molar-refractivity contribution in [2.24, 2.45) is 4.99 Å². The number of rotatable bonds is 5. The van der Waals surface area contributed by atoms with Gasteiger partial charge in [0, 0.05) is 44.3 Å². The second-order valence-electron chi connectivity index (χ2n) is 8.31. The van der Waals surface area contributed by atoms with Crippen molar-refractivity contribution in [2.45, 2.75) is 52.3 Å². The highest BCUT2D eigenvalue weighted by atomic mass is 16.5. The van der Waals surface area contributed by atoms with E-state index in [0.717, 1.165) is 50.0 Å². The number of guanidine groups is 1. The summed E-state index contributed by atoms with van der Waals surface area (Å²) >= 11 is 0. The molecule has 0 saturated carbocycles.